The first-order valence-corrected chi connectivity index (χ1v) is 11.3. The van der Waals surface area contributed by atoms with Gasteiger partial charge in [-0.25, -0.2) is 18.7 Å². The quantitative estimate of drug-likeness (QED) is 0.392. The predicted molar refractivity (Wildman–Crippen MR) is 112 cm³/mol. The van der Waals surface area contributed by atoms with Gasteiger partial charge in [-0.3, -0.25) is 14.9 Å². The number of ether oxygens (including phenoxy) is 2. The Morgan fingerprint density at radius 1 is 1.16 bits per heavy atom. The zero-order chi connectivity index (χ0) is 22.4. The van der Waals surface area contributed by atoms with E-state index in [9.17, 15) is 18.0 Å². The minimum Gasteiger partial charge on any atom is -0.493 e. The van der Waals surface area contributed by atoms with Gasteiger partial charge < -0.3 is 9.47 Å². The number of carbonyl (C=O) groups is 2. The standard InChI is InChI=1S/C21H20N2O7S/c1-31(27,28)13-12-29-18-10-6-16(7-11-18)3-2-15-4-8-17(9-5-15)23-14-19(20(24)22-26)30-21(23)25/h4-11,19,26H,12-14H2,1H3,(H,22,24)/t19-/m0/s1. The van der Waals surface area contributed by atoms with Gasteiger partial charge in [0.1, 0.15) is 12.4 Å². The van der Waals surface area contributed by atoms with Crippen molar-refractivity contribution in [3.05, 3.63) is 59.7 Å². The van der Waals surface area contributed by atoms with Gasteiger partial charge in [0.15, 0.2) is 9.84 Å². The highest BCUT2D eigenvalue weighted by Crippen LogP contribution is 2.22. The highest BCUT2D eigenvalue weighted by molar-refractivity contribution is 7.90. The van der Waals surface area contributed by atoms with Crippen LogP contribution in [-0.2, 0) is 19.4 Å². The van der Waals surface area contributed by atoms with Crippen molar-refractivity contribution in [2.45, 2.75) is 6.10 Å². The number of cyclic esters (lactones) is 1. The van der Waals surface area contributed by atoms with Crippen LogP contribution in [0.2, 0.25) is 0 Å². The van der Waals surface area contributed by atoms with E-state index >= 15 is 0 Å². The van der Waals surface area contributed by atoms with Crippen molar-refractivity contribution in [3.63, 3.8) is 0 Å². The maximum atomic E-state index is 11.9. The van der Waals surface area contributed by atoms with E-state index in [1.54, 1.807) is 48.5 Å². The van der Waals surface area contributed by atoms with Gasteiger partial charge in [0.2, 0.25) is 6.10 Å². The van der Waals surface area contributed by atoms with Gasteiger partial charge in [0.25, 0.3) is 5.91 Å². The van der Waals surface area contributed by atoms with E-state index in [0.717, 1.165) is 17.4 Å². The molecule has 0 unspecified atom stereocenters. The number of nitrogens with one attached hydrogen (secondary N) is 1. The Morgan fingerprint density at radius 3 is 2.29 bits per heavy atom. The number of hydroxylamine groups is 1. The maximum absolute atomic E-state index is 11.9. The van der Waals surface area contributed by atoms with Crippen molar-refractivity contribution in [2.24, 2.45) is 0 Å². The van der Waals surface area contributed by atoms with E-state index < -0.39 is 27.9 Å². The molecule has 31 heavy (non-hydrogen) atoms. The number of nitrogens with zero attached hydrogens (tertiary/aromatic N) is 1. The number of sulfone groups is 1. The van der Waals surface area contributed by atoms with Gasteiger partial charge in [-0.1, -0.05) is 11.8 Å². The van der Waals surface area contributed by atoms with E-state index in [1.165, 1.54) is 10.4 Å². The van der Waals surface area contributed by atoms with E-state index in [1.807, 2.05) is 0 Å². The highest BCUT2D eigenvalue weighted by atomic mass is 32.2. The third-order valence-electron chi connectivity index (χ3n) is 4.32. The molecule has 1 heterocycles. The minimum atomic E-state index is -3.07. The van der Waals surface area contributed by atoms with Crippen molar-refractivity contribution in [1.82, 2.24) is 5.48 Å². The summed E-state index contributed by atoms with van der Waals surface area (Å²) in [4.78, 5) is 24.6. The summed E-state index contributed by atoms with van der Waals surface area (Å²) in [6, 6.07) is 13.8. The molecule has 2 amide bonds. The minimum absolute atomic E-state index is 0.00510. The molecule has 3 rings (SSSR count). The van der Waals surface area contributed by atoms with Crippen molar-refractivity contribution >= 4 is 27.5 Å². The first-order chi connectivity index (χ1) is 14.7. The van der Waals surface area contributed by atoms with Gasteiger partial charge in [-0.15, -0.1) is 0 Å². The Balaban J connectivity index is 1.59. The first kappa shape index (κ1) is 22.1. The molecule has 1 atom stereocenters. The molecule has 162 valence electrons. The summed E-state index contributed by atoms with van der Waals surface area (Å²) >= 11 is 0. The van der Waals surface area contributed by atoms with Crippen molar-refractivity contribution in [3.8, 4) is 17.6 Å². The largest absolute Gasteiger partial charge is 0.493 e. The molecule has 0 aromatic heterocycles. The zero-order valence-corrected chi connectivity index (χ0v) is 17.4. The number of hydrogen-bond acceptors (Lipinski definition) is 7. The molecule has 1 aliphatic rings. The number of hydrogen-bond donors (Lipinski definition) is 2. The van der Waals surface area contributed by atoms with Crippen molar-refractivity contribution in [1.29, 1.82) is 0 Å². The fraction of sp³-hybridized carbons (Fsp3) is 0.238. The lowest BCUT2D eigenvalue weighted by Crippen LogP contribution is -2.35. The molecule has 2 N–H and O–H groups in total. The summed E-state index contributed by atoms with van der Waals surface area (Å²) in [6.07, 6.45) is -0.591. The van der Waals surface area contributed by atoms with Crippen LogP contribution in [0.4, 0.5) is 10.5 Å². The van der Waals surface area contributed by atoms with Crippen LogP contribution in [0, 0.1) is 11.8 Å². The molecule has 0 bridgehead atoms. The van der Waals surface area contributed by atoms with Gasteiger partial charge in [-0.2, -0.15) is 0 Å². The molecular formula is C21H20N2O7S. The van der Waals surface area contributed by atoms with Crippen LogP contribution in [0.1, 0.15) is 11.1 Å². The van der Waals surface area contributed by atoms with E-state index in [-0.39, 0.29) is 18.9 Å². The molecule has 0 aliphatic carbocycles. The lowest BCUT2D eigenvalue weighted by Gasteiger charge is -2.12. The number of carbonyl (C=O) groups excluding carboxylic acids is 2. The second-order valence-electron chi connectivity index (χ2n) is 6.76. The van der Waals surface area contributed by atoms with E-state index in [4.69, 9.17) is 14.7 Å². The smallest absolute Gasteiger partial charge is 0.415 e. The normalized spacial score (nSPS) is 15.6. The Kier molecular flexibility index (Phi) is 6.79. The average Bonchev–Trinajstić information content (AvgIpc) is 3.14. The molecule has 1 saturated heterocycles. The number of amides is 2. The van der Waals surface area contributed by atoms with Gasteiger partial charge in [0.05, 0.1) is 12.3 Å². The molecule has 2 aromatic carbocycles. The van der Waals surface area contributed by atoms with E-state index in [0.29, 0.717) is 11.4 Å². The van der Waals surface area contributed by atoms with Gasteiger partial charge >= 0.3 is 6.09 Å². The summed E-state index contributed by atoms with van der Waals surface area (Å²) in [5, 5.41) is 8.66. The Labute approximate surface area is 179 Å². The second kappa shape index (κ2) is 9.51. The molecule has 10 heteroatoms. The predicted octanol–water partition coefficient (Wildman–Crippen LogP) is 1.34. The Bertz CT molecular complexity index is 1120. The summed E-state index contributed by atoms with van der Waals surface area (Å²) in [5.74, 6) is 5.74. The van der Waals surface area contributed by atoms with E-state index in [2.05, 4.69) is 11.8 Å². The lowest BCUT2D eigenvalue weighted by molar-refractivity contribution is -0.136. The second-order valence-corrected chi connectivity index (χ2v) is 9.02. The molecule has 0 spiro atoms. The van der Waals surface area contributed by atoms with Crippen molar-refractivity contribution < 1.29 is 32.7 Å². The third-order valence-corrected chi connectivity index (χ3v) is 5.23. The molecule has 1 aliphatic heterocycles. The zero-order valence-electron chi connectivity index (χ0n) is 16.6. The third kappa shape index (κ3) is 6.21. The first-order valence-electron chi connectivity index (χ1n) is 9.20. The molecule has 9 nitrogen and oxygen atoms in total. The van der Waals surface area contributed by atoms with Crippen molar-refractivity contribution in [2.75, 3.05) is 30.1 Å². The van der Waals surface area contributed by atoms with Gasteiger partial charge in [-0.05, 0) is 48.5 Å². The van der Waals surface area contributed by atoms with Crippen LogP contribution in [0.3, 0.4) is 0 Å². The molecule has 0 saturated carbocycles. The van der Waals surface area contributed by atoms with Gasteiger partial charge in [0, 0.05) is 23.1 Å². The number of rotatable bonds is 6. The highest BCUT2D eigenvalue weighted by Gasteiger charge is 2.36. The Hall–Kier alpha value is -3.55. The fourth-order valence-corrected chi connectivity index (χ4v) is 3.08. The average molecular weight is 444 g/mol. The monoisotopic (exact) mass is 444 g/mol. The van der Waals surface area contributed by atoms with Crippen LogP contribution in [0.25, 0.3) is 0 Å². The lowest BCUT2D eigenvalue weighted by atomic mass is 10.1. The van der Waals surface area contributed by atoms with Crippen LogP contribution in [0.15, 0.2) is 48.5 Å². The Morgan fingerprint density at radius 2 is 1.74 bits per heavy atom. The summed E-state index contributed by atoms with van der Waals surface area (Å²) < 4.78 is 32.5. The number of anilines is 1. The summed E-state index contributed by atoms with van der Waals surface area (Å²) in [5.41, 5.74) is 3.48. The molecule has 0 radical (unpaired) electrons. The molecular weight excluding hydrogens is 424 g/mol. The molecule has 2 aromatic rings. The molecule has 1 fully saturated rings. The van der Waals surface area contributed by atoms with Crippen LogP contribution >= 0.6 is 0 Å². The maximum Gasteiger partial charge on any atom is 0.415 e. The van der Waals surface area contributed by atoms with Crippen LogP contribution in [0.5, 0.6) is 5.75 Å². The van der Waals surface area contributed by atoms with Crippen LogP contribution in [-0.4, -0.2) is 56.9 Å². The van der Waals surface area contributed by atoms with Crippen LogP contribution < -0.4 is 15.1 Å². The number of benzene rings is 2. The summed E-state index contributed by atoms with van der Waals surface area (Å²) in [6.45, 7) is 0.0844. The SMILES string of the molecule is CS(=O)(=O)CCOc1ccc(C#Cc2ccc(N3C[C@@H](C(=O)NO)OC3=O)cc2)cc1. The summed E-state index contributed by atoms with van der Waals surface area (Å²) in [7, 11) is -3.07. The topological polar surface area (TPSA) is 122 Å². The fourth-order valence-electron chi connectivity index (χ4n) is 2.70.